The Morgan fingerprint density at radius 1 is 1.04 bits per heavy atom. The van der Waals surface area contributed by atoms with Gasteiger partial charge in [-0.3, -0.25) is 4.79 Å². The molecule has 24 heavy (non-hydrogen) atoms. The first-order chi connectivity index (χ1) is 11.2. The molecule has 0 aromatic heterocycles. The second kappa shape index (κ2) is 6.65. The van der Waals surface area contributed by atoms with Crippen molar-refractivity contribution in [3.8, 4) is 0 Å². The van der Waals surface area contributed by atoms with Crippen LogP contribution in [0.15, 0.2) is 48.5 Å². The predicted molar refractivity (Wildman–Crippen MR) is 85.6 cm³/mol. The second-order valence-corrected chi connectivity index (χ2v) is 5.58. The van der Waals surface area contributed by atoms with Gasteiger partial charge in [0.15, 0.2) is 0 Å². The summed E-state index contributed by atoms with van der Waals surface area (Å²) in [6.07, 6.45) is -4.52. The predicted octanol–water partition coefficient (Wildman–Crippen LogP) is 3.95. The van der Waals surface area contributed by atoms with Gasteiger partial charge in [-0.15, -0.1) is 0 Å². The first kappa shape index (κ1) is 18.0. The Hall–Kier alpha value is -2.34. The Labute approximate surface area is 138 Å². The number of nitrogens with one attached hydrogen (secondary N) is 1. The highest BCUT2D eigenvalue weighted by Gasteiger charge is 2.60. The molecule has 1 unspecified atom stereocenters. The molecule has 6 heteroatoms. The average molecular weight is 337 g/mol. The smallest absolute Gasteiger partial charge is 0.368 e. The SMILES string of the molecule is CCc1ccc(C(O)(C(=O)Nc2ccc(C)cc2)C(F)(F)F)cc1. The third-order valence-electron chi connectivity index (χ3n) is 3.83. The number of aryl methyl sites for hydroxylation is 2. The molecule has 3 nitrogen and oxygen atoms in total. The third kappa shape index (κ3) is 3.43. The van der Waals surface area contributed by atoms with Gasteiger partial charge in [-0.05, 0) is 31.0 Å². The Kier molecular flexibility index (Phi) is 4.99. The summed E-state index contributed by atoms with van der Waals surface area (Å²) in [7, 11) is 0. The molecule has 2 rings (SSSR count). The van der Waals surface area contributed by atoms with Gasteiger partial charge in [0, 0.05) is 11.3 Å². The Balaban J connectivity index is 2.39. The summed E-state index contributed by atoms with van der Waals surface area (Å²) in [6, 6.07) is 11.4. The highest BCUT2D eigenvalue weighted by Crippen LogP contribution is 2.40. The fourth-order valence-corrected chi connectivity index (χ4v) is 2.26. The first-order valence-corrected chi connectivity index (χ1v) is 7.45. The van der Waals surface area contributed by atoms with E-state index in [9.17, 15) is 23.1 Å². The van der Waals surface area contributed by atoms with E-state index in [2.05, 4.69) is 5.32 Å². The van der Waals surface area contributed by atoms with Gasteiger partial charge in [0.05, 0.1) is 0 Å². The van der Waals surface area contributed by atoms with Crippen LogP contribution >= 0.6 is 0 Å². The standard InChI is InChI=1S/C18H18F3NO2/c1-3-13-6-8-14(9-7-13)17(24,18(19,20)21)16(23)22-15-10-4-12(2)5-11-15/h4-11,24H,3H2,1-2H3,(H,22,23). The minimum Gasteiger partial charge on any atom is -0.368 e. The van der Waals surface area contributed by atoms with E-state index >= 15 is 0 Å². The van der Waals surface area contributed by atoms with Gasteiger partial charge >= 0.3 is 6.18 Å². The van der Waals surface area contributed by atoms with Gasteiger partial charge in [-0.25, -0.2) is 0 Å². The highest BCUT2D eigenvalue weighted by atomic mass is 19.4. The molecule has 2 N–H and O–H groups in total. The molecule has 0 heterocycles. The molecule has 2 aromatic carbocycles. The summed E-state index contributed by atoms with van der Waals surface area (Å²) in [5.41, 5.74) is -2.25. The largest absolute Gasteiger partial charge is 0.430 e. The maximum absolute atomic E-state index is 13.5. The lowest BCUT2D eigenvalue weighted by atomic mass is 9.91. The van der Waals surface area contributed by atoms with Crippen LogP contribution in [-0.2, 0) is 16.8 Å². The lowest BCUT2D eigenvalue weighted by molar-refractivity contribution is -0.254. The number of amides is 1. The molecule has 0 bridgehead atoms. The van der Waals surface area contributed by atoms with Crippen molar-refractivity contribution >= 4 is 11.6 Å². The maximum Gasteiger partial charge on any atom is 0.430 e. The first-order valence-electron chi connectivity index (χ1n) is 7.45. The molecule has 1 amide bonds. The van der Waals surface area contributed by atoms with E-state index in [1.165, 1.54) is 24.3 Å². The number of carbonyl (C=O) groups is 1. The quantitative estimate of drug-likeness (QED) is 0.888. The molecule has 128 valence electrons. The zero-order chi connectivity index (χ0) is 18.0. The van der Waals surface area contributed by atoms with Crippen LogP contribution < -0.4 is 5.32 Å². The zero-order valence-corrected chi connectivity index (χ0v) is 13.3. The summed E-state index contributed by atoms with van der Waals surface area (Å²) < 4.78 is 40.4. The van der Waals surface area contributed by atoms with E-state index in [0.29, 0.717) is 6.42 Å². The lowest BCUT2D eigenvalue weighted by Gasteiger charge is -2.29. The van der Waals surface area contributed by atoms with Crippen LogP contribution in [-0.4, -0.2) is 17.2 Å². The van der Waals surface area contributed by atoms with E-state index in [1.807, 2.05) is 13.8 Å². The molecule has 0 aliphatic carbocycles. The number of alkyl halides is 3. The number of carbonyl (C=O) groups excluding carboxylic acids is 1. The van der Waals surface area contributed by atoms with Crippen molar-refractivity contribution in [3.63, 3.8) is 0 Å². The number of rotatable bonds is 4. The average Bonchev–Trinajstić information content (AvgIpc) is 2.55. The van der Waals surface area contributed by atoms with E-state index < -0.39 is 23.2 Å². The van der Waals surface area contributed by atoms with Crippen molar-refractivity contribution in [2.24, 2.45) is 0 Å². The number of hydrogen-bond donors (Lipinski definition) is 2. The van der Waals surface area contributed by atoms with Crippen LogP contribution in [0.1, 0.15) is 23.6 Å². The van der Waals surface area contributed by atoms with Gasteiger partial charge < -0.3 is 10.4 Å². The topological polar surface area (TPSA) is 49.3 Å². The second-order valence-electron chi connectivity index (χ2n) is 5.58. The van der Waals surface area contributed by atoms with Crippen LogP contribution in [0.2, 0.25) is 0 Å². The fourth-order valence-electron chi connectivity index (χ4n) is 2.26. The van der Waals surface area contributed by atoms with Gasteiger partial charge in [-0.2, -0.15) is 13.2 Å². The van der Waals surface area contributed by atoms with Crippen LogP contribution in [0.25, 0.3) is 0 Å². The number of benzene rings is 2. The molecule has 0 saturated carbocycles. The number of anilines is 1. The number of halogens is 3. The van der Waals surface area contributed by atoms with Gasteiger partial charge in [0.1, 0.15) is 0 Å². The fraction of sp³-hybridized carbons (Fsp3) is 0.278. The van der Waals surface area contributed by atoms with Crippen molar-refractivity contribution in [2.75, 3.05) is 5.32 Å². The summed E-state index contributed by atoms with van der Waals surface area (Å²) >= 11 is 0. The normalized spacial score (nSPS) is 14.1. The van der Waals surface area contributed by atoms with Crippen molar-refractivity contribution in [1.82, 2.24) is 0 Å². The van der Waals surface area contributed by atoms with Gasteiger partial charge in [-0.1, -0.05) is 48.9 Å². The minimum atomic E-state index is -5.16. The number of hydrogen-bond acceptors (Lipinski definition) is 2. The van der Waals surface area contributed by atoms with Crippen molar-refractivity contribution in [3.05, 3.63) is 65.2 Å². The van der Waals surface area contributed by atoms with Crippen LogP contribution in [0.4, 0.5) is 18.9 Å². The summed E-state index contributed by atoms with van der Waals surface area (Å²) in [6.45, 7) is 3.67. The molecule has 0 fully saturated rings. The molecule has 0 aliphatic rings. The highest BCUT2D eigenvalue weighted by molar-refractivity contribution is 5.98. The monoisotopic (exact) mass is 337 g/mol. The van der Waals surface area contributed by atoms with Gasteiger partial charge in [0.25, 0.3) is 11.5 Å². The maximum atomic E-state index is 13.5. The Bertz CT molecular complexity index is 709. The molecule has 0 saturated heterocycles. The Morgan fingerprint density at radius 2 is 1.58 bits per heavy atom. The molecular weight excluding hydrogens is 319 g/mol. The summed E-state index contributed by atoms with van der Waals surface area (Å²) in [5.74, 6) is -1.54. The van der Waals surface area contributed by atoms with E-state index in [1.54, 1.807) is 12.1 Å². The van der Waals surface area contributed by atoms with Gasteiger partial charge in [0.2, 0.25) is 0 Å². The molecule has 0 spiro atoms. The van der Waals surface area contributed by atoms with E-state index in [0.717, 1.165) is 23.3 Å². The molecule has 0 aliphatic heterocycles. The van der Waals surface area contributed by atoms with E-state index in [-0.39, 0.29) is 5.69 Å². The van der Waals surface area contributed by atoms with Crippen LogP contribution in [0, 0.1) is 6.92 Å². The molecule has 1 atom stereocenters. The van der Waals surface area contributed by atoms with Crippen molar-refractivity contribution < 1.29 is 23.1 Å². The lowest BCUT2D eigenvalue weighted by Crippen LogP contribution is -2.52. The third-order valence-corrected chi connectivity index (χ3v) is 3.83. The molecule has 0 radical (unpaired) electrons. The summed E-state index contributed by atoms with van der Waals surface area (Å²) in [5, 5.41) is 12.4. The van der Waals surface area contributed by atoms with Crippen LogP contribution in [0.5, 0.6) is 0 Å². The molecular formula is C18H18F3NO2. The van der Waals surface area contributed by atoms with E-state index in [4.69, 9.17) is 0 Å². The zero-order valence-electron chi connectivity index (χ0n) is 13.3. The summed E-state index contributed by atoms with van der Waals surface area (Å²) in [4.78, 5) is 12.2. The van der Waals surface area contributed by atoms with Crippen molar-refractivity contribution in [1.29, 1.82) is 0 Å². The molecule has 2 aromatic rings. The Morgan fingerprint density at radius 3 is 2.04 bits per heavy atom. The van der Waals surface area contributed by atoms with Crippen molar-refractivity contribution in [2.45, 2.75) is 32.0 Å². The minimum absolute atomic E-state index is 0.179. The van der Waals surface area contributed by atoms with Crippen LogP contribution in [0.3, 0.4) is 0 Å². The number of aliphatic hydroxyl groups is 1.